The number of amides is 3. The number of allylic oxidation sites excluding steroid dienone is 1. The fraction of sp³-hybridized carbons (Fsp3) is 0.375. The van der Waals surface area contributed by atoms with Crippen molar-refractivity contribution in [2.24, 2.45) is 0 Å². The molecule has 0 fully saturated rings. The largest absolute Gasteiger partial charge is 0.473 e. The maximum Gasteiger partial charge on any atom is 0.405 e. The van der Waals surface area contributed by atoms with Crippen molar-refractivity contribution in [1.29, 1.82) is 0 Å². The van der Waals surface area contributed by atoms with Crippen LogP contribution in [-0.2, 0) is 16.1 Å². The number of carbonyl (C=O) groups excluding carboxylic acids is 2. The molecule has 0 aliphatic carbocycles. The van der Waals surface area contributed by atoms with E-state index >= 15 is 0 Å². The number of fused-ring (bicyclic) bond motifs is 1. The smallest absolute Gasteiger partial charge is 0.405 e. The van der Waals surface area contributed by atoms with Crippen molar-refractivity contribution in [3.8, 4) is 5.88 Å². The van der Waals surface area contributed by atoms with E-state index in [4.69, 9.17) is 9.84 Å². The molecule has 0 aromatic carbocycles. The van der Waals surface area contributed by atoms with Gasteiger partial charge in [0.1, 0.15) is 29.4 Å². The molecule has 0 radical (unpaired) electrons. The summed E-state index contributed by atoms with van der Waals surface area (Å²) in [7, 11) is 3.20. The zero-order chi connectivity index (χ0) is 27.8. The monoisotopic (exact) mass is 526 g/mol. The second kappa shape index (κ2) is 12.5. The van der Waals surface area contributed by atoms with E-state index in [0.717, 1.165) is 0 Å². The molecule has 0 saturated carbocycles. The quantitative estimate of drug-likeness (QED) is 0.268. The summed E-state index contributed by atoms with van der Waals surface area (Å²) >= 11 is 0. The molecule has 0 unspecified atom stereocenters. The number of likely N-dealkylation sites (N-methyl/N-ethyl adjacent to an activating group) is 1. The molecule has 3 aromatic heterocycles. The number of hydrogen-bond donors (Lipinski definition) is 4. The lowest BCUT2D eigenvalue weighted by molar-refractivity contribution is -0.123. The number of pyridine rings is 1. The van der Waals surface area contributed by atoms with Crippen molar-refractivity contribution >= 4 is 34.8 Å². The van der Waals surface area contributed by atoms with Crippen LogP contribution >= 0.6 is 0 Å². The number of nitrogens with one attached hydrogen (secondary N) is 3. The number of aromatic nitrogens is 5. The molecule has 0 aliphatic heterocycles. The molecule has 3 rings (SSSR count). The van der Waals surface area contributed by atoms with Gasteiger partial charge in [0.2, 0.25) is 17.7 Å². The van der Waals surface area contributed by atoms with Crippen LogP contribution in [0.3, 0.4) is 0 Å². The standard InChI is InChI=1S/C24H30N8O6/c1-14(2)38-22-19-20(25-13-26-22)30-17(29-19)12-32-11-7-9-16(23(32)35)27-21(34)15(28-24(36)37)8-5-6-10-18(33)31(3)4/h6-7,9-11,13-15,28H,5,8,12H2,1-4H3,(H,27,34)(H,36,37)(H,25,26,29,30)/b10-6+/t15-/m0/s1. The number of imidazole rings is 1. The predicted octanol–water partition coefficient (Wildman–Crippen LogP) is 1.35. The molecular weight excluding hydrogens is 496 g/mol. The molecule has 3 amide bonds. The average Bonchev–Trinajstić information content (AvgIpc) is 3.26. The third-order valence-corrected chi connectivity index (χ3v) is 5.19. The van der Waals surface area contributed by atoms with Crippen LogP contribution in [0, 0.1) is 0 Å². The summed E-state index contributed by atoms with van der Waals surface area (Å²) in [5, 5.41) is 13.8. The first-order valence-electron chi connectivity index (χ1n) is 11.8. The van der Waals surface area contributed by atoms with Gasteiger partial charge in [0.15, 0.2) is 5.65 Å². The summed E-state index contributed by atoms with van der Waals surface area (Å²) in [5.41, 5.74) is 0.328. The molecular formula is C24H30N8O6. The van der Waals surface area contributed by atoms with E-state index in [2.05, 4.69) is 30.6 Å². The van der Waals surface area contributed by atoms with Gasteiger partial charge in [-0.15, -0.1) is 0 Å². The van der Waals surface area contributed by atoms with E-state index in [1.165, 1.54) is 34.1 Å². The van der Waals surface area contributed by atoms with E-state index < -0.39 is 23.6 Å². The molecule has 0 saturated heterocycles. The van der Waals surface area contributed by atoms with E-state index in [0.29, 0.717) is 22.9 Å². The van der Waals surface area contributed by atoms with Crippen LogP contribution in [0.25, 0.3) is 11.2 Å². The van der Waals surface area contributed by atoms with Crippen LogP contribution in [0.4, 0.5) is 10.5 Å². The van der Waals surface area contributed by atoms with Crippen LogP contribution in [0.2, 0.25) is 0 Å². The van der Waals surface area contributed by atoms with Gasteiger partial charge in [-0.3, -0.25) is 14.4 Å². The summed E-state index contributed by atoms with van der Waals surface area (Å²) < 4.78 is 7.01. The van der Waals surface area contributed by atoms with Gasteiger partial charge in [-0.2, -0.15) is 4.98 Å². The molecule has 0 aliphatic rings. The first kappa shape index (κ1) is 27.8. The number of anilines is 1. The SMILES string of the molecule is CC(C)Oc1ncnc2nc(Cn3cccc(NC(=O)[C@H](CC/C=C/C(=O)N(C)C)NC(=O)O)c3=O)[nH]c12. The first-order valence-corrected chi connectivity index (χ1v) is 11.8. The highest BCUT2D eigenvalue weighted by molar-refractivity contribution is 5.96. The lowest BCUT2D eigenvalue weighted by Crippen LogP contribution is -2.44. The third-order valence-electron chi connectivity index (χ3n) is 5.19. The molecule has 14 nitrogen and oxygen atoms in total. The molecule has 0 bridgehead atoms. The highest BCUT2D eigenvalue weighted by Crippen LogP contribution is 2.20. The highest BCUT2D eigenvalue weighted by atomic mass is 16.5. The fourth-order valence-corrected chi connectivity index (χ4v) is 3.39. The molecule has 0 spiro atoms. The van der Waals surface area contributed by atoms with Crippen LogP contribution < -0.4 is 20.9 Å². The number of H-pyrrole nitrogens is 1. The van der Waals surface area contributed by atoms with Crippen molar-refractivity contribution in [2.45, 2.75) is 45.4 Å². The summed E-state index contributed by atoms with van der Waals surface area (Å²) in [6.45, 7) is 3.77. The maximum atomic E-state index is 13.0. The van der Waals surface area contributed by atoms with E-state index in [1.54, 1.807) is 26.2 Å². The first-order chi connectivity index (χ1) is 18.0. The molecule has 3 heterocycles. The Bertz CT molecular complexity index is 1390. The van der Waals surface area contributed by atoms with Gasteiger partial charge >= 0.3 is 6.09 Å². The van der Waals surface area contributed by atoms with Crippen LogP contribution in [0.5, 0.6) is 5.88 Å². The van der Waals surface area contributed by atoms with Crippen LogP contribution in [0.15, 0.2) is 41.6 Å². The second-order valence-corrected chi connectivity index (χ2v) is 8.79. The van der Waals surface area contributed by atoms with E-state index in [-0.39, 0.29) is 37.1 Å². The number of carboxylic acid groups (broad SMARTS) is 1. The van der Waals surface area contributed by atoms with Gasteiger partial charge in [-0.05, 0) is 44.9 Å². The van der Waals surface area contributed by atoms with Crippen molar-refractivity contribution in [3.63, 3.8) is 0 Å². The Labute approximate surface area is 217 Å². The number of hydrogen-bond acceptors (Lipinski definition) is 8. The zero-order valence-electron chi connectivity index (χ0n) is 21.5. The van der Waals surface area contributed by atoms with Crippen molar-refractivity contribution in [2.75, 3.05) is 19.4 Å². The van der Waals surface area contributed by atoms with E-state index in [9.17, 15) is 19.2 Å². The van der Waals surface area contributed by atoms with Gasteiger partial charge < -0.3 is 34.9 Å². The highest BCUT2D eigenvalue weighted by Gasteiger charge is 2.21. The number of ether oxygens (including phenoxy) is 1. The average molecular weight is 527 g/mol. The minimum absolute atomic E-state index is 0.0345. The number of rotatable bonds is 11. The summed E-state index contributed by atoms with van der Waals surface area (Å²) in [6, 6.07) is 1.85. The number of nitrogens with zero attached hydrogens (tertiary/aromatic N) is 5. The van der Waals surface area contributed by atoms with Crippen molar-refractivity contribution in [3.05, 3.63) is 53.0 Å². The molecule has 202 valence electrons. The lowest BCUT2D eigenvalue weighted by atomic mass is 10.1. The Balaban J connectivity index is 1.74. The van der Waals surface area contributed by atoms with Crippen LogP contribution in [-0.4, -0.2) is 78.7 Å². The molecule has 4 N–H and O–H groups in total. The zero-order valence-corrected chi connectivity index (χ0v) is 21.5. The summed E-state index contributed by atoms with van der Waals surface area (Å²) in [5.74, 6) is -0.176. The number of carbonyl (C=O) groups is 3. The predicted molar refractivity (Wildman–Crippen MR) is 138 cm³/mol. The van der Waals surface area contributed by atoms with Gasteiger partial charge in [-0.25, -0.2) is 14.8 Å². The lowest BCUT2D eigenvalue weighted by Gasteiger charge is -2.16. The van der Waals surface area contributed by atoms with Crippen molar-refractivity contribution < 1.29 is 24.2 Å². The normalized spacial score (nSPS) is 12.0. The maximum absolute atomic E-state index is 13.0. The topological polar surface area (TPSA) is 184 Å². The Kier molecular flexibility index (Phi) is 9.13. The second-order valence-electron chi connectivity index (χ2n) is 8.79. The Morgan fingerprint density at radius 1 is 1.26 bits per heavy atom. The number of aromatic amines is 1. The van der Waals surface area contributed by atoms with E-state index in [1.807, 2.05) is 13.8 Å². The van der Waals surface area contributed by atoms with Gasteiger partial charge in [0, 0.05) is 20.3 Å². The Morgan fingerprint density at radius 3 is 2.71 bits per heavy atom. The molecule has 14 heteroatoms. The van der Waals surface area contributed by atoms with Gasteiger partial charge in [0.05, 0.1) is 12.6 Å². The third kappa shape index (κ3) is 7.38. The molecule has 1 atom stereocenters. The minimum Gasteiger partial charge on any atom is -0.473 e. The van der Waals surface area contributed by atoms with Crippen LogP contribution in [0.1, 0.15) is 32.5 Å². The molecule has 3 aromatic rings. The summed E-state index contributed by atoms with van der Waals surface area (Å²) in [6.07, 6.45) is 4.60. The Hall–Kier alpha value is -4.75. The Morgan fingerprint density at radius 2 is 2.03 bits per heavy atom. The summed E-state index contributed by atoms with van der Waals surface area (Å²) in [4.78, 5) is 65.8. The fourth-order valence-electron chi connectivity index (χ4n) is 3.39. The van der Waals surface area contributed by atoms with Gasteiger partial charge in [-0.1, -0.05) is 6.08 Å². The van der Waals surface area contributed by atoms with Gasteiger partial charge in [0.25, 0.3) is 5.56 Å². The molecule has 38 heavy (non-hydrogen) atoms. The van der Waals surface area contributed by atoms with Crippen molar-refractivity contribution in [1.82, 2.24) is 34.7 Å². The minimum atomic E-state index is -1.39.